The van der Waals surface area contributed by atoms with Crippen LogP contribution in [0.2, 0.25) is 0 Å². The number of nitrogens with zero attached hydrogens (tertiary/aromatic N) is 4. The number of aliphatic imine (C=N–C) groups is 1. The molecule has 0 spiro atoms. The molecule has 2 fully saturated rings. The van der Waals surface area contributed by atoms with Gasteiger partial charge in [-0.25, -0.2) is 4.79 Å². The summed E-state index contributed by atoms with van der Waals surface area (Å²) in [6.45, 7) is 0.784. The minimum Gasteiger partial charge on any atom is -0.483 e. The minimum absolute atomic E-state index is 0.00596. The maximum absolute atomic E-state index is 13.1. The van der Waals surface area contributed by atoms with Gasteiger partial charge in [-0.2, -0.15) is 0 Å². The highest BCUT2D eigenvalue weighted by atomic mass is 16.5. The van der Waals surface area contributed by atoms with E-state index in [1.807, 2.05) is 0 Å². The number of amides is 10. The van der Waals surface area contributed by atoms with Gasteiger partial charge in [-0.15, -0.1) is 0 Å². The molecule has 4 heterocycles. The van der Waals surface area contributed by atoms with E-state index < -0.39 is 78.4 Å². The molecule has 2 saturated heterocycles. The highest BCUT2D eigenvalue weighted by Gasteiger charge is 2.49. The molecule has 0 aromatic heterocycles. The van der Waals surface area contributed by atoms with E-state index in [9.17, 15) is 43.2 Å². The number of fused-ring (bicyclic) bond motifs is 2. The predicted octanol–water partition coefficient (Wildman–Crippen LogP) is -4.40. The molecule has 268 valence electrons. The van der Waals surface area contributed by atoms with Gasteiger partial charge in [0.2, 0.25) is 29.5 Å². The van der Waals surface area contributed by atoms with E-state index in [0.29, 0.717) is 0 Å². The van der Waals surface area contributed by atoms with Gasteiger partial charge in [0, 0.05) is 26.1 Å². The van der Waals surface area contributed by atoms with Gasteiger partial charge >= 0.3 is 11.9 Å². The van der Waals surface area contributed by atoms with Crippen molar-refractivity contribution in [3.8, 4) is 5.75 Å². The summed E-state index contributed by atoms with van der Waals surface area (Å²) in [5.41, 5.74) is 5.07. The van der Waals surface area contributed by atoms with E-state index >= 15 is 0 Å². The average Bonchev–Trinajstić information content (AvgIpc) is 3.34. The molecule has 2 unspecified atom stereocenters. The van der Waals surface area contributed by atoms with Crippen LogP contribution < -0.4 is 31.8 Å². The number of hydrogen-bond acceptors (Lipinski definition) is 11. The predicted molar refractivity (Wildman–Crippen MR) is 170 cm³/mol. The number of urea groups is 1. The van der Waals surface area contributed by atoms with Crippen LogP contribution in [-0.2, 0) is 33.5 Å². The van der Waals surface area contributed by atoms with Crippen LogP contribution >= 0.6 is 0 Å². The van der Waals surface area contributed by atoms with E-state index in [-0.39, 0.29) is 79.8 Å². The molecule has 4 aliphatic rings. The number of piperidine rings is 1. The van der Waals surface area contributed by atoms with Crippen molar-refractivity contribution in [1.82, 2.24) is 30.7 Å². The number of benzene rings is 1. The number of carbonyl (C=O) groups is 9. The van der Waals surface area contributed by atoms with E-state index in [4.69, 9.17) is 20.6 Å². The number of nitrogens with one attached hydrogen (secondary N) is 3. The lowest BCUT2D eigenvalue weighted by Gasteiger charge is -2.36. The Bertz CT molecular complexity index is 1820. The minimum atomic E-state index is -1.15. The maximum Gasteiger partial charge on any atom is 0.334 e. The summed E-state index contributed by atoms with van der Waals surface area (Å²) in [5.74, 6) is -6.96. The van der Waals surface area contributed by atoms with Crippen LogP contribution in [0.15, 0.2) is 34.8 Å². The van der Waals surface area contributed by atoms with Gasteiger partial charge in [-0.3, -0.25) is 63.8 Å². The smallest absolute Gasteiger partial charge is 0.334 e. The van der Waals surface area contributed by atoms with E-state index in [1.54, 1.807) is 6.92 Å². The van der Waals surface area contributed by atoms with Gasteiger partial charge in [-0.1, -0.05) is 6.07 Å². The molecular formula is C31H34N9O11+. The molecule has 0 aliphatic carbocycles. The van der Waals surface area contributed by atoms with Gasteiger partial charge < -0.3 is 25.8 Å². The molecule has 4 aliphatic heterocycles. The first-order valence-electron chi connectivity index (χ1n) is 15.8. The zero-order valence-electron chi connectivity index (χ0n) is 27.3. The van der Waals surface area contributed by atoms with Crippen LogP contribution in [0.3, 0.4) is 0 Å². The van der Waals surface area contributed by atoms with Gasteiger partial charge in [0.25, 0.3) is 23.6 Å². The maximum atomic E-state index is 13.1. The fraction of sp³-hybridized carbons (Fsp3) is 0.387. The molecule has 20 nitrogen and oxygen atoms in total. The summed E-state index contributed by atoms with van der Waals surface area (Å²) in [5, 5.41) is 13.0. The number of carbonyl (C=O) groups excluding carboxylic acids is 9. The standard InChI is InChI=1S/C31H33N9O11/c1-2-38-26-17(12-16(25(33)44)24(32)37-26)28(46)39(31(38)49)13-21(42)34-8-10-50-11-9-35-22(43)14-51-19-5-3-4-15-23(19)30(48)40(29(15)47)18-6-7-20(41)36-27(18)45/h3-5,12,17-18,32H,2,6-11,13-14H2,1H3,(H2,33,44)(H,34,42)(H,35,43)(H,36,41,45)/p+1. The number of hydrogen-bond donors (Lipinski definition) is 5. The van der Waals surface area contributed by atoms with Crippen LogP contribution in [0.4, 0.5) is 4.79 Å². The van der Waals surface area contributed by atoms with Crippen LogP contribution in [0, 0.1) is 5.92 Å². The third-order valence-corrected chi connectivity index (χ3v) is 8.20. The average molecular weight is 709 g/mol. The highest BCUT2D eigenvalue weighted by molar-refractivity contribution is 6.29. The lowest BCUT2D eigenvalue weighted by molar-refractivity contribution is -0.136. The first kappa shape index (κ1) is 36.0. The second-order valence-corrected chi connectivity index (χ2v) is 11.5. The number of primary amides is 1. The van der Waals surface area contributed by atoms with E-state index in [0.717, 1.165) is 9.80 Å². The highest BCUT2D eigenvalue weighted by Crippen LogP contribution is 2.33. The molecule has 1 aromatic carbocycles. The molecule has 51 heavy (non-hydrogen) atoms. The SMILES string of the molecule is CCN1C(=O)N(CC(=O)NCCOCCNC(=O)COc2cccc3c2C(=O)N(C2CCC(=O)NC2=O)C3=O)C(=O)C2C=C(C(N)=O)C(=[NH2+])N=C21. The Labute approximate surface area is 288 Å². The van der Waals surface area contributed by atoms with Crippen LogP contribution in [-0.4, -0.2) is 132 Å². The summed E-state index contributed by atoms with van der Waals surface area (Å²) in [4.78, 5) is 119. The number of ether oxygens (including phenoxy) is 2. The molecule has 1 aromatic rings. The number of dihydropyridines is 1. The zero-order valence-corrected chi connectivity index (χ0v) is 27.3. The summed E-state index contributed by atoms with van der Waals surface area (Å²) in [6, 6.07) is 2.35. The normalized spacial score (nSPS) is 20.0. The van der Waals surface area contributed by atoms with Crippen molar-refractivity contribution in [2.24, 2.45) is 16.6 Å². The fourth-order valence-corrected chi connectivity index (χ4v) is 5.77. The number of imide groups is 3. The monoisotopic (exact) mass is 708 g/mol. The van der Waals surface area contributed by atoms with Crippen molar-refractivity contribution < 1.29 is 58.0 Å². The van der Waals surface area contributed by atoms with Crippen molar-refractivity contribution in [3.63, 3.8) is 0 Å². The van der Waals surface area contributed by atoms with E-state index in [1.165, 1.54) is 29.2 Å². The van der Waals surface area contributed by atoms with Crippen molar-refractivity contribution in [3.05, 3.63) is 41.0 Å². The summed E-state index contributed by atoms with van der Waals surface area (Å²) in [6.07, 6.45) is 1.19. The second kappa shape index (κ2) is 15.1. The third kappa shape index (κ3) is 7.34. The molecule has 10 amide bonds. The Hall–Kier alpha value is -6.31. The van der Waals surface area contributed by atoms with Gasteiger partial charge in [-0.05, 0) is 36.5 Å². The Morgan fingerprint density at radius 3 is 2.39 bits per heavy atom. The lowest BCUT2D eigenvalue weighted by Crippen LogP contribution is -2.62. The largest absolute Gasteiger partial charge is 0.483 e. The second-order valence-electron chi connectivity index (χ2n) is 11.5. The van der Waals surface area contributed by atoms with Gasteiger partial charge in [0.05, 0.1) is 24.3 Å². The topological polar surface area (TPSA) is 282 Å². The Balaban J connectivity index is 1.02. The quantitative estimate of drug-likeness (QED) is 0.0909. The molecular weight excluding hydrogens is 674 g/mol. The molecule has 0 bridgehead atoms. The number of nitrogens with two attached hydrogens (primary N) is 2. The van der Waals surface area contributed by atoms with Crippen LogP contribution in [0.1, 0.15) is 40.5 Å². The van der Waals surface area contributed by atoms with Gasteiger partial charge in [0.15, 0.2) is 6.61 Å². The Morgan fingerprint density at radius 1 is 1.02 bits per heavy atom. The van der Waals surface area contributed by atoms with Crippen molar-refractivity contribution in [2.75, 3.05) is 46.0 Å². The molecule has 0 radical (unpaired) electrons. The van der Waals surface area contributed by atoms with E-state index in [2.05, 4.69) is 20.9 Å². The first-order valence-corrected chi connectivity index (χ1v) is 15.8. The van der Waals surface area contributed by atoms with Crippen molar-refractivity contribution in [2.45, 2.75) is 25.8 Å². The van der Waals surface area contributed by atoms with Crippen LogP contribution in [0.5, 0.6) is 5.75 Å². The summed E-state index contributed by atoms with van der Waals surface area (Å²) >= 11 is 0. The molecule has 0 saturated carbocycles. The molecule has 20 heteroatoms. The molecule has 7 N–H and O–H groups in total. The number of amidine groups is 2. The molecule has 5 rings (SSSR count). The summed E-state index contributed by atoms with van der Waals surface area (Å²) in [7, 11) is 0. The lowest BCUT2D eigenvalue weighted by atomic mass is 9.95. The zero-order chi connectivity index (χ0) is 37.0. The van der Waals surface area contributed by atoms with Crippen molar-refractivity contribution in [1.29, 1.82) is 0 Å². The van der Waals surface area contributed by atoms with Crippen molar-refractivity contribution >= 4 is 65.0 Å². The molecule has 2 atom stereocenters. The summed E-state index contributed by atoms with van der Waals surface area (Å²) < 4.78 is 10.9. The first-order chi connectivity index (χ1) is 24.3. The number of rotatable bonds is 14. The van der Waals surface area contributed by atoms with Gasteiger partial charge in [0.1, 0.15) is 29.8 Å². The van der Waals surface area contributed by atoms with Crippen LogP contribution in [0.25, 0.3) is 0 Å². The third-order valence-electron chi connectivity index (χ3n) is 8.20. The fourth-order valence-electron chi connectivity index (χ4n) is 5.77. The Kier molecular flexibility index (Phi) is 10.6. The Morgan fingerprint density at radius 2 is 1.73 bits per heavy atom.